The van der Waals surface area contributed by atoms with Crippen molar-refractivity contribution in [1.82, 2.24) is 19.8 Å². The lowest BCUT2D eigenvalue weighted by Gasteiger charge is -2.40. The number of pyridine rings is 1. The normalized spacial score (nSPS) is 18.1. The molecule has 8 heteroatoms. The van der Waals surface area contributed by atoms with Crippen LogP contribution in [0.5, 0.6) is 0 Å². The van der Waals surface area contributed by atoms with Gasteiger partial charge in [0.25, 0.3) is 5.91 Å². The Kier molecular flexibility index (Phi) is 6.77. The monoisotopic (exact) mass is 481 g/mol. The van der Waals surface area contributed by atoms with E-state index < -0.39 is 0 Å². The van der Waals surface area contributed by atoms with Gasteiger partial charge in [0, 0.05) is 61.8 Å². The van der Waals surface area contributed by atoms with Gasteiger partial charge in [-0.05, 0) is 44.4 Å². The van der Waals surface area contributed by atoms with E-state index in [4.69, 9.17) is 16.3 Å². The number of nitrogens with zero attached hydrogens (tertiary/aromatic N) is 3. The zero-order valence-corrected chi connectivity index (χ0v) is 20.6. The molecule has 180 valence electrons. The van der Waals surface area contributed by atoms with Gasteiger partial charge < -0.3 is 19.9 Å². The predicted octanol–water partition coefficient (Wildman–Crippen LogP) is 4.64. The van der Waals surface area contributed by atoms with Gasteiger partial charge in [0.05, 0.1) is 29.3 Å². The number of carbonyl (C=O) groups excluding carboxylic acids is 1. The number of anilines is 1. The number of aromatic nitrogens is 2. The summed E-state index contributed by atoms with van der Waals surface area (Å²) in [4.78, 5) is 25.4. The molecule has 5 rings (SSSR count). The number of nitrogens with one attached hydrogen (secondary N) is 2. The summed E-state index contributed by atoms with van der Waals surface area (Å²) in [5.74, 6) is 0.106. The molecule has 2 aromatic heterocycles. The Morgan fingerprint density at radius 3 is 2.53 bits per heavy atom. The fourth-order valence-electron chi connectivity index (χ4n) is 5.07. The van der Waals surface area contributed by atoms with Crippen molar-refractivity contribution in [3.8, 4) is 11.1 Å². The molecule has 3 aromatic rings. The number of likely N-dealkylation sites (tertiary alicyclic amines) is 1. The highest BCUT2D eigenvalue weighted by Crippen LogP contribution is 2.37. The van der Waals surface area contributed by atoms with Crippen molar-refractivity contribution in [2.45, 2.75) is 38.8 Å². The Labute approximate surface area is 205 Å². The fourth-order valence-corrected chi connectivity index (χ4v) is 5.30. The molecule has 1 aromatic carbocycles. The van der Waals surface area contributed by atoms with Gasteiger partial charge in [-0.2, -0.15) is 0 Å². The van der Waals surface area contributed by atoms with Gasteiger partial charge >= 0.3 is 0 Å². The Morgan fingerprint density at radius 2 is 1.85 bits per heavy atom. The minimum absolute atomic E-state index is 0.106. The summed E-state index contributed by atoms with van der Waals surface area (Å²) in [6.45, 7) is 9.44. The maximum atomic E-state index is 13.2. The van der Waals surface area contributed by atoms with E-state index in [1.54, 1.807) is 6.20 Å². The summed E-state index contributed by atoms with van der Waals surface area (Å²) in [5, 5.41) is 5.05. The molecule has 0 radical (unpaired) electrons. The molecule has 4 heterocycles. The largest absolute Gasteiger partial charge is 0.382 e. The van der Waals surface area contributed by atoms with Crippen molar-refractivity contribution >= 4 is 34.2 Å². The van der Waals surface area contributed by atoms with Crippen molar-refractivity contribution < 1.29 is 9.53 Å². The number of aromatic amines is 1. The van der Waals surface area contributed by atoms with Crippen LogP contribution in [0.25, 0.3) is 22.2 Å². The van der Waals surface area contributed by atoms with E-state index in [2.05, 4.69) is 34.0 Å². The summed E-state index contributed by atoms with van der Waals surface area (Å²) < 4.78 is 5.48. The Balaban J connectivity index is 1.32. The molecule has 2 aliphatic rings. The van der Waals surface area contributed by atoms with E-state index in [-0.39, 0.29) is 11.9 Å². The van der Waals surface area contributed by atoms with Gasteiger partial charge in [-0.1, -0.05) is 23.7 Å². The lowest BCUT2D eigenvalue weighted by molar-refractivity contribution is 0.00159. The van der Waals surface area contributed by atoms with Crippen LogP contribution in [0, 0.1) is 0 Å². The Morgan fingerprint density at radius 1 is 1.15 bits per heavy atom. The first-order valence-electron chi connectivity index (χ1n) is 12.1. The van der Waals surface area contributed by atoms with Crippen LogP contribution in [0.3, 0.4) is 0 Å². The third-order valence-corrected chi connectivity index (χ3v) is 7.14. The summed E-state index contributed by atoms with van der Waals surface area (Å²) in [7, 11) is 0. The molecule has 0 unspecified atom stereocenters. The first-order chi connectivity index (χ1) is 16.5. The minimum atomic E-state index is 0.106. The van der Waals surface area contributed by atoms with Crippen LogP contribution >= 0.6 is 11.6 Å². The molecule has 0 saturated carbocycles. The molecule has 2 N–H and O–H groups in total. The van der Waals surface area contributed by atoms with Crippen molar-refractivity contribution in [2.75, 3.05) is 44.7 Å². The van der Waals surface area contributed by atoms with Crippen LogP contribution in [-0.4, -0.2) is 77.2 Å². The first-order valence-corrected chi connectivity index (χ1v) is 12.5. The van der Waals surface area contributed by atoms with Gasteiger partial charge in [0.2, 0.25) is 0 Å². The highest BCUT2D eigenvalue weighted by molar-refractivity contribution is 6.36. The molecule has 34 heavy (non-hydrogen) atoms. The van der Waals surface area contributed by atoms with Crippen LogP contribution in [0.2, 0.25) is 5.02 Å². The molecule has 0 spiro atoms. The van der Waals surface area contributed by atoms with E-state index in [0.29, 0.717) is 11.1 Å². The molecule has 1 amide bonds. The minimum Gasteiger partial charge on any atom is -0.382 e. The quantitative estimate of drug-likeness (QED) is 0.555. The zero-order chi connectivity index (χ0) is 23.7. The molecular formula is C26H32ClN5O2. The Bertz CT molecular complexity index is 1150. The number of H-pyrrole nitrogens is 1. The molecule has 2 aliphatic heterocycles. The number of rotatable bonds is 5. The van der Waals surface area contributed by atoms with Gasteiger partial charge in [0.15, 0.2) is 0 Å². The van der Waals surface area contributed by atoms with Crippen molar-refractivity contribution in [1.29, 1.82) is 0 Å². The fraction of sp³-hybridized carbons (Fsp3) is 0.462. The molecular weight excluding hydrogens is 450 g/mol. The smallest absolute Gasteiger partial charge is 0.253 e. The average Bonchev–Trinajstić information content (AvgIpc) is 3.25. The SMILES string of the molecule is CC(C)Nc1c(-c2ccc(C(=O)N3CCC(N4CCOCC4)CC3)cc2)cnc2[nH]cc(Cl)c12. The van der Waals surface area contributed by atoms with Gasteiger partial charge in [-0.3, -0.25) is 9.69 Å². The number of morpholine rings is 1. The second kappa shape index (κ2) is 9.94. The van der Waals surface area contributed by atoms with Crippen LogP contribution in [0.1, 0.15) is 37.0 Å². The van der Waals surface area contributed by atoms with E-state index in [0.717, 1.165) is 85.6 Å². The van der Waals surface area contributed by atoms with Crippen LogP contribution in [0.4, 0.5) is 5.69 Å². The second-order valence-corrected chi connectivity index (χ2v) is 9.86. The number of ether oxygens (including phenoxy) is 1. The summed E-state index contributed by atoms with van der Waals surface area (Å²) in [6.07, 6.45) is 5.67. The summed E-state index contributed by atoms with van der Waals surface area (Å²) in [5.41, 5.74) is 4.39. The van der Waals surface area contributed by atoms with Crippen LogP contribution in [-0.2, 0) is 4.74 Å². The summed E-state index contributed by atoms with van der Waals surface area (Å²) in [6, 6.07) is 8.65. The first kappa shape index (κ1) is 23.1. The number of hydrogen-bond donors (Lipinski definition) is 2. The van der Waals surface area contributed by atoms with Crippen molar-refractivity contribution in [2.24, 2.45) is 0 Å². The molecule has 2 saturated heterocycles. The van der Waals surface area contributed by atoms with E-state index >= 15 is 0 Å². The summed E-state index contributed by atoms with van der Waals surface area (Å²) >= 11 is 6.46. The van der Waals surface area contributed by atoms with E-state index in [1.165, 1.54) is 0 Å². The number of piperidine rings is 1. The molecule has 0 aliphatic carbocycles. The predicted molar refractivity (Wildman–Crippen MR) is 137 cm³/mol. The number of hydrogen-bond acceptors (Lipinski definition) is 5. The third kappa shape index (κ3) is 4.65. The molecule has 2 fully saturated rings. The second-order valence-electron chi connectivity index (χ2n) is 9.46. The number of carbonyl (C=O) groups is 1. The molecule has 0 bridgehead atoms. The maximum absolute atomic E-state index is 13.2. The standard InChI is InChI=1S/C26H32ClN5O2/c1-17(2)30-24-21(15-28-25-23(24)22(27)16-29-25)18-3-5-19(6-4-18)26(33)32-9-7-20(8-10-32)31-11-13-34-14-12-31/h3-6,15-17,20H,7-14H2,1-2H3,(H2,28,29,30). The van der Waals surface area contributed by atoms with E-state index in [1.807, 2.05) is 35.4 Å². The van der Waals surface area contributed by atoms with E-state index in [9.17, 15) is 4.79 Å². The van der Waals surface area contributed by atoms with Gasteiger partial charge in [-0.15, -0.1) is 0 Å². The average molecular weight is 482 g/mol. The molecule has 0 atom stereocenters. The number of amides is 1. The number of fused-ring (bicyclic) bond motifs is 1. The van der Waals surface area contributed by atoms with Crippen LogP contribution in [0.15, 0.2) is 36.7 Å². The number of benzene rings is 1. The van der Waals surface area contributed by atoms with Gasteiger partial charge in [-0.25, -0.2) is 4.98 Å². The molecule has 7 nitrogen and oxygen atoms in total. The van der Waals surface area contributed by atoms with Crippen molar-refractivity contribution in [3.63, 3.8) is 0 Å². The van der Waals surface area contributed by atoms with Gasteiger partial charge in [0.1, 0.15) is 5.65 Å². The van der Waals surface area contributed by atoms with Crippen molar-refractivity contribution in [3.05, 3.63) is 47.2 Å². The van der Waals surface area contributed by atoms with Crippen LogP contribution < -0.4 is 5.32 Å². The zero-order valence-electron chi connectivity index (χ0n) is 19.8. The highest BCUT2D eigenvalue weighted by atomic mass is 35.5. The number of halogens is 1. The Hall–Kier alpha value is -2.61. The lowest BCUT2D eigenvalue weighted by Crippen LogP contribution is -2.50. The lowest BCUT2D eigenvalue weighted by atomic mass is 10.00. The highest BCUT2D eigenvalue weighted by Gasteiger charge is 2.28. The maximum Gasteiger partial charge on any atom is 0.253 e. The topological polar surface area (TPSA) is 73.5 Å². The third-order valence-electron chi connectivity index (χ3n) is 6.84.